The molecule has 1 aliphatic carbocycles. The van der Waals surface area contributed by atoms with Gasteiger partial charge in [0.15, 0.2) is 0 Å². The van der Waals surface area contributed by atoms with E-state index in [1.807, 2.05) is 31.2 Å². The zero-order valence-corrected chi connectivity index (χ0v) is 18.8. The standard InChI is InChI=1S/C23H35N3O4/c1-6-7-14-24-21(28)20(17-10-8-16(2)9-11-17)26(18-12-13-18)19(27)15-25-22(29)30-23(3,4)5/h8-11,18,20H,6-7,12-15H2,1-5H3,(H,24,28)(H,25,29). The molecule has 0 heterocycles. The highest BCUT2D eigenvalue weighted by Crippen LogP contribution is 2.35. The Labute approximate surface area is 179 Å². The third kappa shape index (κ3) is 7.35. The summed E-state index contributed by atoms with van der Waals surface area (Å²) in [6, 6.07) is 6.95. The van der Waals surface area contributed by atoms with Crippen molar-refractivity contribution in [3.05, 3.63) is 35.4 Å². The van der Waals surface area contributed by atoms with Gasteiger partial charge in [0.05, 0.1) is 0 Å². The molecular formula is C23H35N3O4. The minimum atomic E-state index is -0.720. The highest BCUT2D eigenvalue weighted by Gasteiger charge is 2.41. The molecule has 7 heteroatoms. The van der Waals surface area contributed by atoms with Gasteiger partial charge in [-0.3, -0.25) is 9.59 Å². The molecule has 3 amide bonds. The van der Waals surface area contributed by atoms with Gasteiger partial charge in [-0.2, -0.15) is 0 Å². The molecule has 166 valence electrons. The first-order chi connectivity index (χ1) is 14.1. The van der Waals surface area contributed by atoms with Gasteiger partial charge in [-0.1, -0.05) is 43.2 Å². The topological polar surface area (TPSA) is 87.7 Å². The van der Waals surface area contributed by atoms with Gasteiger partial charge in [-0.05, 0) is 52.5 Å². The molecule has 0 radical (unpaired) electrons. The molecule has 0 aromatic heterocycles. The fraction of sp³-hybridized carbons (Fsp3) is 0.609. The fourth-order valence-corrected chi connectivity index (χ4v) is 3.14. The van der Waals surface area contributed by atoms with Gasteiger partial charge in [0.2, 0.25) is 11.8 Å². The van der Waals surface area contributed by atoms with Crippen LogP contribution in [0.2, 0.25) is 0 Å². The van der Waals surface area contributed by atoms with Crippen molar-refractivity contribution in [1.82, 2.24) is 15.5 Å². The van der Waals surface area contributed by atoms with E-state index in [-0.39, 0.29) is 24.4 Å². The monoisotopic (exact) mass is 417 g/mol. The van der Waals surface area contributed by atoms with Crippen LogP contribution >= 0.6 is 0 Å². The highest BCUT2D eigenvalue weighted by molar-refractivity contribution is 5.90. The molecular weight excluding hydrogens is 382 g/mol. The van der Waals surface area contributed by atoms with Crippen molar-refractivity contribution in [2.75, 3.05) is 13.1 Å². The van der Waals surface area contributed by atoms with E-state index in [1.165, 1.54) is 0 Å². The first kappa shape index (κ1) is 23.7. The van der Waals surface area contributed by atoms with E-state index in [2.05, 4.69) is 17.6 Å². The van der Waals surface area contributed by atoms with Crippen molar-refractivity contribution in [3.8, 4) is 0 Å². The minimum absolute atomic E-state index is 0.00108. The molecule has 1 aliphatic rings. The average molecular weight is 418 g/mol. The number of carbonyl (C=O) groups is 3. The van der Waals surface area contributed by atoms with Crippen molar-refractivity contribution in [1.29, 1.82) is 0 Å². The second kappa shape index (κ2) is 10.5. The van der Waals surface area contributed by atoms with Crippen molar-refractivity contribution in [2.24, 2.45) is 0 Å². The van der Waals surface area contributed by atoms with Crippen LogP contribution in [0.1, 0.15) is 70.5 Å². The zero-order chi connectivity index (χ0) is 22.3. The van der Waals surface area contributed by atoms with Gasteiger partial charge in [0.25, 0.3) is 0 Å². The van der Waals surface area contributed by atoms with E-state index < -0.39 is 17.7 Å². The van der Waals surface area contributed by atoms with E-state index >= 15 is 0 Å². The number of rotatable bonds is 9. The van der Waals surface area contributed by atoms with Gasteiger partial charge in [-0.25, -0.2) is 4.79 Å². The summed E-state index contributed by atoms with van der Waals surface area (Å²) in [5, 5.41) is 5.49. The van der Waals surface area contributed by atoms with Crippen LogP contribution in [0.5, 0.6) is 0 Å². The maximum atomic E-state index is 13.1. The Morgan fingerprint density at radius 1 is 1.13 bits per heavy atom. The quantitative estimate of drug-likeness (QED) is 0.602. The first-order valence-corrected chi connectivity index (χ1v) is 10.7. The number of aryl methyl sites for hydroxylation is 1. The molecule has 1 unspecified atom stereocenters. The normalized spacial score (nSPS) is 14.6. The van der Waals surface area contributed by atoms with E-state index in [4.69, 9.17) is 4.74 Å². The summed E-state index contributed by atoms with van der Waals surface area (Å²) < 4.78 is 5.22. The number of hydrogen-bond acceptors (Lipinski definition) is 4. The average Bonchev–Trinajstić information content (AvgIpc) is 3.48. The molecule has 1 fully saturated rings. The van der Waals surface area contributed by atoms with Crippen LogP contribution in [0.4, 0.5) is 4.79 Å². The molecule has 1 aromatic rings. The zero-order valence-electron chi connectivity index (χ0n) is 18.8. The molecule has 0 spiro atoms. The molecule has 1 atom stereocenters. The second-order valence-corrected chi connectivity index (χ2v) is 8.85. The van der Waals surface area contributed by atoms with Crippen molar-refractivity contribution in [2.45, 2.75) is 78.0 Å². The van der Waals surface area contributed by atoms with Gasteiger partial charge in [0.1, 0.15) is 18.2 Å². The molecule has 30 heavy (non-hydrogen) atoms. The number of nitrogens with one attached hydrogen (secondary N) is 2. The SMILES string of the molecule is CCCCNC(=O)C(c1ccc(C)cc1)N(C(=O)CNC(=O)OC(C)(C)C)C1CC1. The largest absolute Gasteiger partial charge is 0.444 e. The maximum Gasteiger partial charge on any atom is 0.408 e. The van der Waals surface area contributed by atoms with Crippen LogP contribution in [0.15, 0.2) is 24.3 Å². The maximum absolute atomic E-state index is 13.1. The lowest BCUT2D eigenvalue weighted by atomic mass is 10.0. The van der Waals surface area contributed by atoms with Crippen LogP contribution in [0.25, 0.3) is 0 Å². The summed E-state index contributed by atoms with van der Waals surface area (Å²) in [5.41, 5.74) is 1.21. The number of nitrogens with zero attached hydrogens (tertiary/aromatic N) is 1. The lowest BCUT2D eigenvalue weighted by Gasteiger charge is -2.32. The highest BCUT2D eigenvalue weighted by atomic mass is 16.6. The van der Waals surface area contributed by atoms with Crippen molar-refractivity contribution in [3.63, 3.8) is 0 Å². The van der Waals surface area contributed by atoms with Crippen LogP contribution in [0, 0.1) is 6.92 Å². The fourth-order valence-electron chi connectivity index (χ4n) is 3.14. The smallest absolute Gasteiger partial charge is 0.408 e. The summed E-state index contributed by atoms with van der Waals surface area (Å²) in [6.07, 6.45) is 2.90. The molecule has 1 saturated carbocycles. The molecule has 0 aliphatic heterocycles. The molecule has 0 saturated heterocycles. The molecule has 2 rings (SSSR count). The second-order valence-electron chi connectivity index (χ2n) is 8.85. The van der Waals surface area contributed by atoms with E-state index in [9.17, 15) is 14.4 Å². The van der Waals surface area contributed by atoms with Crippen LogP contribution < -0.4 is 10.6 Å². The van der Waals surface area contributed by atoms with E-state index in [1.54, 1.807) is 25.7 Å². The van der Waals surface area contributed by atoms with Crippen LogP contribution in [0.3, 0.4) is 0 Å². The third-order valence-electron chi connectivity index (χ3n) is 4.76. The number of alkyl carbamates (subject to hydrolysis) is 1. The molecule has 7 nitrogen and oxygen atoms in total. The van der Waals surface area contributed by atoms with E-state index in [0.29, 0.717) is 6.54 Å². The number of hydrogen-bond donors (Lipinski definition) is 2. The Balaban J connectivity index is 2.19. The number of unbranched alkanes of at least 4 members (excludes halogenated alkanes) is 1. The minimum Gasteiger partial charge on any atom is -0.444 e. The number of carbonyl (C=O) groups excluding carboxylic acids is 3. The Hall–Kier alpha value is -2.57. The summed E-state index contributed by atoms with van der Waals surface area (Å²) in [4.78, 5) is 39.8. The van der Waals surface area contributed by atoms with Gasteiger partial charge < -0.3 is 20.3 Å². The Kier molecular flexibility index (Phi) is 8.26. The summed E-state index contributed by atoms with van der Waals surface area (Å²) in [6.45, 7) is 9.69. The summed E-state index contributed by atoms with van der Waals surface area (Å²) in [5.74, 6) is -0.482. The molecule has 1 aromatic carbocycles. The predicted octanol–water partition coefficient (Wildman–Crippen LogP) is 3.47. The molecule has 0 bridgehead atoms. The number of ether oxygens (including phenoxy) is 1. The Morgan fingerprint density at radius 3 is 2.30 bits per heavy atom. The molecule has 2 N–H and O–H groups in total. The lowest BCUT2D eigenvalue weighted by Crippen LogP contribution is -2.49. The van der Waals surface area contributed by atoms with Crippen molar-refractivity contribution >= 4 is 17.9 Å². The Morgan fingerprint density at radius 2 is 1.77 bits per heavy atom. The predicted molar refractivity (Wildman–Crippen MR) is 116 cm³/mol. The summed E-state index contributed by atoms with van der Waals surface area (Å²) in [7, 11) is 0. The van der Waals surface area contributed by atoms with Gasteiger partial charge in [-0.15, -0.1) is 0 Å². The Bertz CT molecular complexity index is 736. The lowest BCUT2D eigenvalue weighted by molar-refractivity contribution is -0.140. The number of amides is 3. The van der Waals surface area contributed by atoms with Gasteiger partial charge >= 0.3 is 6.09 Å². The van der Waals surface area contributed by atoms with Crippen molar-refractivity contribution < 1.29 is 19.1 Å². The summed E-state index contributed by atoms with van der Waals surface area (Å²) >= 11 is 0. The third-order valence-corrected chi connectivity index (χ3v) is 4.76. The first-order valence-electron chi connectivity index (χ1n) is 10.7. The number of benzene rings is 1. The van der Waals surface area contributed by atoms with Crippen LogP contribution in [-0.4, -0.2) is 47.5 Å². The van der Waals surface area contributed by atoms with Crippen LogP contribution in [-0.2, 0) is 14.3 Å². The van der Waals surface area contributed by atoms with Gasteiger partial charge in [0, 0.05) is 12.6 Å². The van der Waals surface area contributed by atoms with E-state index in [0.717, 1.165) is 36.8 Å².